The van der Waals surface area contributed by atoms with Crippen molar-refractivity contribution in [2.24, 2.45) is 0 Å². The van der Waals surface area contributed by atoms with Gasteiger partial charge in [-0.3, -0.25) is 0 Å². The lowest BCUT2D eigenvalue weighted by Crippen LogP contribution is -2.29. The summed E-state index contributed by atoms with van der Waals surface area (Å²) in [4.78, 5) is 0. The Balaban J connectivity index is 2.20. The van der Waals surface area contributed by atoms with E-state index >= 15 is 0 Å². The monoisotopic (exact) mass is 257 g/mol. The normalized spacial score (nSPS) is 11.6. The third kappa shape index (κ3) is 6.41. The lowest BCUT2D eigenvalue weighted by molar-refractivity contribution is 0.217. The van der Waals surface area contributed by atoms with Crippen molar-refractivity contribution in [2.45, 2.75) is 12.8 Å². The van der Waals surface area contributed by atoms with Crippen molar-refractivity contribution in [3.8, 4) is 0 Å². The first-order chi connectivity index (χ1) is 8.14. The summed E-state index contributed by atoms with van der Waals surface area (Å²) in [5.41, 5.74) is 1.23. The Morgan fingerprint density at radius 3 is 2.59 bits per heavy atom. The highest BCUT2D eigenvalue weighted by Gasteiger charge is 2.08. The van der Waals surface area contributed by atoms with Crippen LogP contribution in [0.4, 0.5) is 0 Å². The van der Waals surface area contributed by atoms with Crippen LogP contribution in [0.1, 0.15) is 12.0 Å². The summed E-state index contributed by atoms with van der Waals surface area (Å²) < 4.78 is 30.1. The van der Waals surface area contributed by atoms with Crippen LogP contribution < -0.4 is 4.72 Å². The minimum atomic E-state index is -3.17. The number of hydrogen-bond donors (Lipinski definition) is 1. The SMILES string of the molecule is COCCS(=O)(=O)NCCCc1ccccc1. The second-order valence-corrected chi connectivity index (χ2v) is 5.72. The van der Waals surface area contributed by atoms with Crippen LogP contribution in [0.3, 0.4) is 0 Å². The van der Waals surface area contributed by atoms with E-state index in [2.05, 4.69) is 4.72 Å². The number of nitrogens with one attached hydrogen (secondary N) is 1. The van der Waals surface area contributed by atoms with Crippen LogP contribution in [0, 0.1) is 0 Å². The summed E-state index contributed by atoms with van der Waals surface area (Å²) in [6.45, 7) is 0.703. The predicted molar refractivity (Wildman–Crippen MR) is 68.4 cm³/mol. The second-order valence-electron chi connectivity index (χ2n) is 3.80. The molecule has 0 aromatic heterocycles. The van der Waals surface area contributed by atoms with Crippen LogP contribution in [-0.4, -0.2) is 34.4 Å². The third-order valence-corrected chi connectivity index (χ3v) is 3.71. The lowest BCUT2D eigenvalue weighted by atomic mass is 10.1. The van der Waals surface area contributed by atoms with Crippen molar-refractivity contribution < 1.29 is 13.2 Å². The molecule has 0 heterocycles. The predicted octanol–water partition coefficient (Wildman–Crippen LogP) is 1.18. The smallest absolute Gasteiger partial charge is 0.213 e. The van der Waals surface area contributed by atoms with Gasteiger partial charge in [-0.2, -0.15) is 0 Å². The molecular weight excluding hydrogens is 238 g/mol. The fourth-order valence-corrected chi connectivity index (χ4v) is 2.42. The molecule has 1 N–H and O–H groups in total. The molecule has 0 saturated carbocycles. The van der Waals surface area contributed by atoms with E-state index < -0.39 is 10.0 Å². The number of hydrogen-bond acceptors (Lipinski definition) is 3. The van der Waals surface area contributed by atoms with E-state index in [0.717, 1.165) is 12.8 Å². The van der Waals surface area contributed by atoms with E-state index in [1.807, 2.05) is 30.3 Å². The Kier molecular flexibility index (Phi) is 6.18. The van der Waals surface area contributed by atoms with Gasteiger partial charge in [-0.25, -0.2) is 13.1 Å². The van der Waals surface area contributed by atoms with Gasteiger partial charge >= 0.3 is 0 Å². The van der Waals surface area contributed by atoms with E-state index in [1.165, 1.54) is 12.7 Å². The van der Waals surface area contributed by atoms with Gasteiger partial charge in [0, 0.05) is 13.7 Å². The molecule has 1 aromatic carbocycles. The van der Waals surface area contributed by atoms with Crippen LogP contribution in [-0.2, 0) is 21.2 Å². The summed E-state index contributed by atoms with van der Waals surface area (Å²) in [5.74, 6) is 0.0227. The molecule has 0 aliphatic heterocycles. The molecule has 1 rings (SSSR count). The molecule has 1 aromatic rings. The summed E-state index contributed by atoms with van der Waals surface area (Å²) in [7, 11) is -1.68. The van der Waals surface area contributed by atoms with Crippen molar-refractivity contribution in [3.05, 3.63) is 35.9 Å². The zero-order valence-electron chi connectivity index (χ0n) is 10.1. The van der Waals surface area contributed by atoms with Crippen LogP contribution in [0.25, 0.3) is 0 Å². The van der Waals surface area contributed by atoms with Gasteiger partial charge in [0.15, 0.2) is 0 Å². The van der Waals surface area contributed by atoms with Crippen LogP contribution in [0.5, 0.6) is 0 Å². The molecule has 0 fully saturated rings. The topological polar surface area (TPSA) is 55.4 Å². The van der Waals surface area contributed by atoms with Crippen LogP contribution in [0.2, 0.25) is 0 Å². The Labute approximate surface area is 103 Å². The van der Waals surface area contributed by atoms with E-state index in [0.29, 0.717) is 6.54 Å². The lowest BCUT2D eigenvalue weighted by Gasteiger charge is -2.06. The maximum Gasteiger partial charge on any atom is 0.213 e. The molecule has 0 unspecified atom stereocenters. The zero-order valence-corrected chi connectivity index (χ0v) is 10.9. The van der Waals surface area contributed by atoms with Crippen LogP contribution in [0.15, 0.2) is 30.3 Å². The van der Waals surface area contributed by atoms with E-state index in [9.17, 15) is 8.42 Å². The van der Waals surface area contributed by atoms with Gasteiger partial charge in [0.25, 0.3) is 0 Å². The summed E-state index contributed by atoms with van der Waals surface area (Å²) >= 11 is 0. The second kappa shape index (κ2) is 7.42. The molecule has 0 radical (unpaired) electrons. The number of sulfonamides is 1. The van der Waals surface area contributed by atoms with Gasteiger partial charge in [-0.1, -0.05) is 30.3 Å². The average molecular weight is 257 g/mol. The Morgan fingerprint density at radius 2 is 1.94 bits per heavy atom. The van der Waals surface area contributed by atoms with E-state index in [-0.39, 0.29) is 12.4 Å². The summed E-state index contributed by atoms with van der Waals surface area (Å²) in [6, 6.07) is 10.0. The largest absolute Gasteiger partial charge is 0.384 e. The number of aryl methyl sites for hydroxylation is 1. The first-order valence-electron chi connectivity index (χ1n) is 5.64. The highest BCUT2D eigenvalue weighted by atomic mass is 32.2. The minimum Gasteiger partial charge on any atom is -0.384 e. The van der Waals surface area contributed by atoms with Gasteiger partial charge in [0.2, 0.25) is 10.0 Å². The number of methoxy groups -OCH3 is 1. The molecule has 0 bridgehead atoms. The molecule has 0 atom stereocenters. The Bertz CT molecular complexity index is 403. The molecule has 0 aliphatic carbocycles. The van der Waals surface area contributed by atoms with Gasteiger partial charge in [0.1, 0.15) is 0 Å². The molecule has 0 amide bonds. The van der Waals surface area contributed by atoms with Crippen LogP contribution >= 0.6 is 0 Å². The maximum absolute atomic E-state index is 11.4. The Morgan fingerprint density at radius 1 is 1.24 bits per heavy atom. The van der Waals surface area contributed by atoms with Crippen molar-refractivity contribution in [1.29, 1.82) is 0 Å². The standard InChI is InChI=1S/C12H19NO3S/c1-16-10-11-17(14,15)13-9-5-8-12-6-3-2-4-7-12/h2-4,6-7,13H,5,8-11H2,1H3. The number of rotatable bonds is 8. The molecule has 5 heteroatoms. The Hall–Kier alpha value is -0.910. The van der Waals surface area contributed by atoms with Crippen molar-refractivity contribution in [3.63, 3.8) is 0 Å². The third-order valence-electron chi connectivity index (χ3n) is 2.36. The van der Waals surface area contributed by atoms with Crippen molar-refractivity contribution in [2.75, 3.05) is 26.0 Å². The maximum atomic E-state index is 11.4. The van der Waals surface area contributed by atoms with Gasteiger partial charge < -0.3 is 4.74 Å². The highest BCUT2D eigenvalue weighted by Crippen LogP contribution is 2.01. The van der Waals surface area contributed by atoms with Gasteiger partial charge in [-0.15, -0.1) is 0 Å². The number of ether oxygens (including phenoxy) is 1. The quantitative estimate of drug-likeness (QED) is 0.712. The van der Waals surface area contributed by atoms with Gasteiger partial charge in [-0.05, 0) is 18.4 Å². The molecule has 4 nitrogen and oxygen atoms in total. The molecular formula is C12H19NO3S. The van der Waals surface area contributed by atoms with Crippen molar-refractivity contribution >= 4 is 10.0 Å². The zero-order chi connectivity index (χ0) is 12.6. The van der Waals surface area contributed by atoms with Gasteiger partial charge in [0.05, 0.1) is 12.4 Å². The molecule has 17 heavy (non-hydrogen) atoms. The average Bonchev–Trinajstić information content (AvgIpc) is 2.34. The van der Waals surface area contributed by atoms with Crippen molar-refractivity contribution in [1.82, 2.24) is 4.72 Å². The summed E-state index contributed by atoms with van der Waals surface area (Å²) in [6.07, 6.45) is 1.68. The first-order valence-corrected chi connectivity index (χ1v) is 7.29. The fraction of sp³-hybridized carbons (Fsp3) is 0.500. The summed E-state index contributed by atoms with van der Waals surface area (Å²) in [5, 5.41) is 0. The van der Waals surface area contributed by atoms with E-state index in [4.69, 9.17) is 4.74 Å². The fourth-order valence-electron chi connectivity index (χ4n) is 1.43. The molecule has 0 aliphatic rings. The minimum absolute atomic E-state index is 0.0227. The molecule has 0 spiro atoms. The van der Waals surface area contributed by atoms with E-state index in [1.54, 1.807) is 0 Å². The molecule has 96 valence electrons. The highest BCUT2D eigenvalue weighted by molar-refractivity contribution is 7.89. The molecule has 0 saturated heterocycles. The number of benzene rings is 1. The first kappa shape index (κ1) is 14.2.